The van der Waals surface area contributed by atoms with Gasteiger partial charge in [0.15, 0.2) is 0 Å². The molecule has 5 nitrogen and oxygen atoms in total. The van der Waals surface area contributed by atoms with Gasteiger partial charge in [-0.3, -0.25) is 9.59 Å². The Bertz CT molecular complexity index is 1280. The van der Waals surface area contributed by atoms with Crippen LogP contribution in [-0.4, -0.2) is 38.0 Å². The molecule has 3 aromatic carbocycles. The fraction of sp³-hybridized carbons (Fsp3) is 0.394. The van der Waals surface area contributed by atoms with E-state index in [0.29, 0.717) is 36.1 Å². The number of aryl methyl sites for hydroxylation is 1. The molecular formula is C33H42N3O2S+. The second kappa shape index (κ2) is 13.3. The maximum absolute atomic E-state index is 13.8. The van der Waals surface area contributed by atoms with Crippen molar-refractivity contribution in [2.24, 2.45) is 11.8 Å². The van der Waals surface area contributed by atoms with Crippen molar-refractivity contribution in [2.45, 2.75) is 57.4 Å². The summed E-state index contributed by atoms with van der Waals surface area (Å²) in [6.07, 6.45) is 0.939. The molecule has 2 N–H and O–H groups in total. The van der Waals surface area contributed by atoms with E-state index in [2.05, 4.69) is 64.2 Å². The first-order valence-corrected chi connectivity index (χ1v) is 14.9. The number of quaternary nitrogens is 1. The third kappa shape index (κ3) is 7.74. The number of amides is 2. The predicted molar refractivity (Wildman–Crippen MR) is 161 cm³/mol. The van der Waals surface area contributed by atoms with E-state index in [0.717, 1.165) is 47.1 Å². The number of benzene rings is 3. The number of carbonyl (C=O) groups excluding carboxylic acids is 2. The van der Waals surface area contributed by atoms with Crippen LogP contribution >= 0.6 is 11.8 Å². The SMILES string of the molecule is Cc1ccc(CN2C(=O)c3ccccc3Sc3ccc(C(=O)NCCC[NH+](CC(C)C)CC(C)C)cc32)cc1. The molecule has 0 aliphatic carbocycles. The highest BCUT2D eigenvalue weighted by atomic mass is 32.2. The minimum Gasteiger partial charge on any atom is -0.352 e. The van der Waals surface area contributed by atoms with Crippen LogP contribution in [0.5, 0.6) is 0 Å². The maximum atomic E-state index is 13.8. The number of hydrogen-bond donors (Lipinski definition) is 2. The first-order chi connectivity index (χ1) is 18.7. The first-order valence-electron chi connectivity index (χ1n) is 14.1. The van der Waals surface area contributed by atoms with Crippen LogP contribution in [0.3, 0.4) is 0 Å². The molecule has 1 heterocycles. The molecule has 6 heteroatoms. The Morgan fingerprint density at radius 3 is 2.31 bits per heavy atom. The Balaban J connectivity index is 1.51. The maximum Gasteiger partial charge on any atom is 0.259 e. The van der Waals surface area contributed by atoms with Gasteiger partial charge in [-0.2, -0.15) is 0 Å². The number of carbonyl (C=O) groups is 2. The van der Waals surface area contributed by atoms with E-state index in [4.69, 9.17) is 0 Å². The van der Waals surface area contributed by atoms with Crippen molar-refractivity contribution >= 4 is 29.3 Å². The summed E-state index contributed by atoms with van der Waals surface area (Å²) in [4.78, 5) is 32.3. The summed E-state index contributed by atoms with van der Waals surface area (Å²) in [7, 11) is 0. The quantitative estimate of drug-likeness (QED) is 0.308. The van der Waals surface area contributed by atoms with E-state index >= 15 is 0 Å². The summed E-state index contributed by atoms with van der Waals surface area (Å²) in [5.74, 6) is 1.17. The third-order valence-electron chi connectivity index (χ3n) is 6.94. The fourth-order valence-corrected chi connectivity index (χ4v) is 6.24. The normalized spacial score (nSPS) is 13.0. The second-order valence-electron chi connectivity index (χ2n) is 11.5. The molecule has 4 rings (SSSR count). The van der Waals surface area contributed by atoms with Gasteiger partial charge in [0.05, 0.1) is 37.4 Å². The van der Waals surface area contributed by atoms with E-state index in [1.807, 2.05) is 47.4 Å². The van der Waals surface area contributed by atoms with Gasteiger partial charge in [-0.1, -0.05) is 81.4 Å². The molecule has 39 heavy (non-hydrogen) atoms. The van der Waals surface area contributed by atoms with Gasteiger partial charge in [0.1, 0.15) is 0 Å². The Morgan fingerprint density at radius 1 is 0.923 bits per heavy atom. The monoisotopic (exact) mass is 544 g/mol. The lowest BCUT2D eigenvalue weighted by atomic mass is 10.1. The Kier molecular flexibility index (Phi) is 9.87. The summed E-state index contributed by atoms with van der Waals surface area (Å²) < 4.78 is 0. The lowest BCUT2D eigenvalue weighted by Crippen LogP contribution is -3.13. The van der Waals surface area contributed by atoms with Gasteiger partial charge in [-0.15, -0.1) is 0 Å². The van der Waals surface area contributed by atoms with Gasteiger partial charge >= 0.3 is 0 Å². The average molecular weight is 545 g/mol. The average Bonchev–Trinajstić information content (AvgIpc) is 3.01. The zero-order chi connectivity index (χ0) is 27.9. The molecular weight excluding hydrogens is 502 g/mol. The summed E-state index contributed by atoms with van der Waals surface area (Å²) in [6, 6.07) is 21.7. The van der Waals surface area contributed by atoms with Crippen molar-refractivity contribution in [3.05, 3.63) is 89.0 Å². The molecule has 3 aromatic rings. The molecule has 0 atom stereocenters. The molecule has 0 spiro atoms. The highest BCUT2D eigenvalue weighted by Gasteiger charge is 2.28. The van der Waals surface area contributed by atoms with Crippen LogP contribution in [0.25, 0.3) is 0 Å². The highest BCUT2D eigenvalue weighted by Crippen LogP contribution is 2.42. The van der Waals surface area contributed by atoms with Crippen LogP contribution < -0.4 is 15.1 Å². The summed E-state index contributed by atoms with van der Waals surface area (Å²) in [5.41, 5.74) is 4.27. The zero-order valence-electron chi connectivity index (χ0n) is 23.9. The van der Waals surface area contributed by atoms with Crippen molar-refractivity contribution in [1.29, 1.82) is 0 Å². The van der Waals surface area contributed by atoms with Gasteiger partial charge in [-0.05, 0) is 42.8 Å². The van der Waals surface area contributed by atoms with Crippen molar-refractivity contribution in [3.8, 4) is 0 Å². The molecule has 0 saturated carbocycles. The summed E-state index contributed by atoms with van der Waals surface area (Å²) in [6.45, 7) is 15.6. The van der Waals surface area contributed by atoms with Crippen molar-refractivity contribution in [3.63, 3.8) is 0 Å². The number of fused-ring (bicyclic) bond motifs is 2. The van der Waals surface area contributed by atoms with Crippen molar-refractivity contribution < 1.29 is 14.5 Å². The number of hydrogen-bond acceptors (Lipinski definition) is 3. The molecule has 1 aliphatic heterocycles. The predicted octanol–water partition coefficient (Wildman–Crippen LogP) is 5.62. The number of rotatable bonds is 11. The van der Waals surface area contributed by atoms with Gasteiger partial charge in [0.2, 0.25) is 0 Å². The molecule has 206 valence electrons. The minimum absolute atomic E-state index is 0.0478. The highest BCUT2D eigenvalue weighted by molar-refractivity contribution is 7.99. The van der Waals surface area contributed by atoms with Crippen LogP contribution in [0.15, 0.2) is 76.5 Å². The third-order valence-corrected chi connectivity index (χ3v) is 8.08. The Morgan fingerprint density at radius 2 is 1.62 bits per heavy atom. The Labute approximate surface area is 238 Å². The smallest absolute Gasteiger partial charge is 0.259 e. The molecule has 1 aliphatic rings. The van der Waals surface area contributed by atoms with Gasteiger partial charge in [0, 0.05) is 40.2 Å². The topological polar surface area (TPSA) is 53.9 Å². The molecule has 0 fully saturated rings. The van der Waals surface area contributed by atoms with Gasteiger partial charge in [0.25, 0.3) is 11.8 Å². The van der Waals surface area contributed by atoms with Crippen LogP contribution in [0, 0.1) is 18.8 Å². The Hall–Kier alpha value is -3.09. The fourth-order valence-electron chi connectivity index (χ4n) is 5.18. The molecule has 0 aromatic heterocycles. The van der Waals surface area contributed by atoms with Crippen molar-refractivity contribution in [1.82, 2.24) is 5.32 Å². The van der Waals surface area contributed by atoms with E-state index in [9.17, 15) is 9.59 Å². The van der Waals surface area contributed by atoms with Crippen molar-refractivity contribution in [2.75, 3.05) is 31.1 Å². The van der Waals surface area contributed by atoms with Crippen LogP contribution in [-0.2, 0) is 6.54 Å². The van der Waals surface area contributed by atoms with Gasteiger partial charge < -0.3 is 15.1 Å². The van der Waals surface area contributed by atoms with Gasteiger partial charge in [-0.25, -0.2) is 0 Å². The number of anilines is 1. The minimum atomic E-state index is -0.0958. The molecule has 2 amide bonds. The second-order valence-corrected chi connectivity index (χ2v) is 12.5. The largest absolute Gasteiger partial charge is 0.352 e. The zero-order valence-corrected chi connectivity index (χ0v) is 24.7. The van der Waals surface area contributed by atoms with E-state index < -0.39 is 0 Å². The number of nitrogens with zero attached hydrogens (tertiary/aromatic N) is 1. The van der Waals surface area contributed by atoms with E-state index in [1.54, 1.807) is 16.7 Å². The van der Waals surface area contributed by atoms with Crippen LogP contribution in [0.1, 0.15) is 66.0 Å². The van der Waals surface area contributed by atoms with E-state index in [1.165, 1.54) is 5.56 Å². The lowest BCUT2D eigenvalue weighted by molar-refractivity contribution is -0.906. The van der Waals surface area contributed by atoms with E-state index in [-0.39, 0.29) is 11.8 Å². The molecule has 0 unspecified atom stereocenters. The lowest BCUT2D eigenvalue weighted by Gasteiger charge is -2.24. The molecule has 0 radical (unpaired) electrons. The number of nitrogens with one attached hydrogen (secondary N) is 2. The van der Waals surface area contributed by atoms with Crippen LogP contribution in [0.4, 0.5) is 5.69 Å². The molecule has 0 saturated heterocycles. The van der Waals surface area contributed by atoms with Crippen LogP contribution in [0.2, 0.25) is 0 Å². The summed E-state index contributed by atoms with van der Waals surface area (Å²) in [5, 5.41) is 3.12. The first kappa shape index (κ1) is 28.9. The molecule has 0 bridgehead atoms. The summed E-state index contributed by atoms with van der Waals surface area (Å²) >= 11 is 1.58. The standard InChI is InChI=1S/C33H41N3O2S/c1-23(2)20-35(21-24(3)4)18-8-17-34-32(37)27-15-16-31-29(19-27)36(22-26-13-11-25(5)12-14-26)33(38)28-9-6-7-10-30(28)39-31/h6-7,9-16,19,23-24H,8,17-18,20-22H2,1-5H3,(H,34,37)/p+1.